The average molecular weight is 287 g/mol. The van der Waals surface area contributed by atoms with Gasteiger partial charge in [0.1, 0.15) is 13.2 Å². The fraction of sp³-hybridized carbons (Fsp3) is 0.667. The molecule has 114 valence electrons. The van der Waals surface area contributed by atoms with Gasteiger partial charge in [0.25, 0.3) is 0 Å². The summed E-state index contributed by atoms with van der Waals surface area (Å²) >= 11 is 0. The molecule has 0 unspecified atom stereocenters. The van der Waals surface area contributed by atoms with Crippen molar-refractivity contribution in [2.45, 2.75) is 56.9 Å². The molecule has 1 heterocycles. The molecule has 0 radical (unpaired) electrons. The van der Waals surface area contributed by atoms with Crippen LogP contribution in [-0.2, 0) is 5.54 Å². The Kier molecular flexibility index (Phi) is 3.14. The van der Waals surface area contributed by atoms with Crippen molar-refractivity contribution in [3.8, 4) is 11.5 Å². The summed E-state index contributed by atoms with van der Waals surface area (Å²) in [7, 11) is 0. The summed E-state index contributed by atoms with van der Waals surface area (Å²) in [6.07, 6.45) is 10.6. The van der Waals surface area contributed by atoms with Crippen LogP contribution in [0.25, 0.3) is 0 Å². The van der Waals surface area contributed by atoms with Crippen LogP contribution < -0.4 is 15.2 Å². The van der Waals surface area contributed by atoms with Crippen molar-refractivity contribution in [2.24, 2.45) is 11.1 Å². The normalized spacial score (nSPS) is 26.0. The lowest BCUT2D eigenvalue weighted by atomic mass is 9.52. The molecule has 1 spiro atoms. The lowest BCUT2D eigenvalue weighted by Gasteiger charge is -2.55. The van der Waals surface area contributed by atoms with Gasteiger partial charge in [-0.3, -0.25) is 0 Å². The Balaban J connectivity index is 1.54. The molecule has 3 heteroatoms. The fourth-order valence-electron chi connectivity index (χ4n) is 4.68. The molecule has 3 aliphatic rings. The quantitative estimate of drug-likeness (QED) is 0.855. The monoisotopic (exact) mass is 287 g/mol. The minimum atomic E-state index is -0.153. The van der Waals surface area contributed by atoms with E-state index in [0.29, 0.717) is 18.6 Å². The van der Waals surface area contributed by atoms with Crippen LogP contribution >= 0.6 is 0 Å². The molecule has 1 aromatic rings. The van der Waals surface area contributed by atoms with E-state index in [1.54, 1.807) is 0 Å². The Morgan fingerprint density at radius 3 is 2.24 bits per heavy atom. The summed E-state index contributed by atoms with van der Waals surface area (Å²) in [5.41, 5.74) is 8.31. The number of nitrogens with two attached hydrogens (primary N) is 1. The number of fused-ring (bicyclic) bond motifs is 1. The topological polar surface area (TPSA) is 44.5 Å². The predicted octanol–water partition coefficient (Wildman–Crippen LogP) is 3.75. The van der Waals surface area contributed by atoms with E-state index < -0.39 is 0 Å². The number of hydrogen-bond donors (Lipinski definition) is 1. The standard InChI is InChI=1S/C18H25NO2/c19-18(12-17(13-18)7-3-1-2-4-8-17)14-5-6-15-16(11-14)21-10-9-20-15/h5-6,11H,1-4,7-10,12-13,19H2. The van der Waals surface area contributed by atoms with Gasteiger partial charge in [0.05, 0.1) is 0 Å². The molecule has 1 aliphatic heterocycles. The molecule has 0 amide bonds. The van der Waals surface area contributed by atoms with E-state index in [1.807, 2.05) is 6.07 Å². The molecule has 2 N–H and O–H groups in total. The molecule has 0 atom stereocenters. The summed E-state index contributed by atoms with van der Waals surface area (Å²) in [6, 6.07) is 6.27. The number of ether oxygens (including phenoxy) is 2. The Bertz CT molecular complexity index is 524. The SMILES string of the molecule is NC1(c2ccc3c(c2)OCCO3)CC2(CCCCCC2)C1. The highest BCUT2D eigenvalue weighted by Crippen LogP contribution is 2.59. The van der Waals surface area contributed by atoms with Gasteiger partial charge in [-0.25, -0.2) is 0 Å². The van der Waals surface area contributed by atoms with Crippen LogP contribution in [0, 0.1) is 5.41 Å². The van der Waals surface area contributed by atoms with Gasteiger partial charge in [-0.15, -0.1) is 0 Å². The molecule has 1 aromatic carbocycles. The first-order valence-corrected chi connectivity index (χ1v) is 8.38. The first-order valence-electron chi connectivity index (χ1n) is 8.38. The molecule has 0 aromatic heterocycles. The predicted molar refractivity (Wildman–Crippen MR) is 82.7 cm³/mol. The number of benzene rings is 1. The molecule has 2 fully saturated rings. The van der Waals surface area contributed by atoms with Crippen molar-refractivity contribution in [2.75, 3.05) is 13.2 Å². The lowest BCUT2D eigenvalue weighted by molar-refractivity contribution is 0.00936. The van der Waals surface area contributed by atoms with Gasteiger partial charge >= 0.3 is 0 Å². The maximum Gasteiger partial charge on any atom is 0.161 e. The molecule has 0 bridgehead atoms. The lowest BCUT2D eigenvalue weighted by Crippen LogP contribution is -2.55. The molecule has 21 heavy (non-hydrogen) atoms. The first-order chi connectivity index (χ1) is 10.2. The third-order valence-corrected chi connectivity index (χ3v) is 5.66. The number of hydrogen-bond acceptors (Lipinski definition) is 3. The summed E-state index contributed by atoms with van der Waals surface area (Å²) in [5, 5.41) is 0. The molecule has 4 rings (SSSR count). The van der Waals surface area contributed by atoms with Gasteiger partial charge in [-0.1, -0.05) is 31.7 Å². The van der Waals surface area contributed by atoms with E-state index >= 15 is 0 Å². The zero-order valence-corrected chi connectivity index (χ0v) is 12.7. The summed E-state index contributed by atoms with van der Waals surface area (Å²) < 4.78 is 11.3. The molecule has 0 saturated heterocycles. The van der Waals surface area contributed by atoms with Gasteiger partial charge in [0, 0.05) is 5.54 Å². The minimum absolute atomic E-state index is 0.153. The van der Waals surface area contributed by atoms with Gasteiger partial charge in [0.2, 0.25) is 0 Å². The van der Waals surface area contributed by atoms with Crippen molar-refractivity contribution < 1.29 is 9.47 Å². The van der Waals surface area contributed by atoms with E-state index in [0.717, 1.165) is 24.3 Å². The van der Waals surface area contributed by atoms with Crippen molar-refractivity contribution in [3.05, 3.63) is 23.8 Å². The Hall–Kier alpha value is -1.22. The molecular formula is C18H25NO2. The van der Waals surface area contributed by atoms with Crippen molar-refractivity contribution >= 4 is 0 Å². The maximum atomic E-state index is 6.72. The van der Waals surface area contributed by atoms with Crippen LogP contribution in [0.4, 0.5) is 0 Å². The Labute approximate surface area is 126 Å². The van der Waals surface area contributed by atoms with E-state index in [4.69, 9.17) is 15.2 Å². The van der Waals surface area contributed by atoms with Crippen LogP contribution in [0.15, 0.2) is 18.2 Å². The zero-order valence-electron chi connectivity index (χ0n) is 12.7. The number of rotatable bonds is 1. The summed E-state index contributed by atoms with van der Waals surface area (Å²) in [4.78, 5) is 0. The molecule has 2 aliphatic carbocycles. The highest BCUT2D eigenvalue weighted by Gasteiger charge is 2.52. The maximum absolute atomic E-state index is 6.72. The minimum Gasteiger partial charge on any atom is -0.486 e. The van der Waals surface area contributed by atoms with E-state index in [9.17, 15) is 0 Å². The van der Waals surface area contributed by atoms with E-state index in [-0.39, 0.29) is 5.54 Å². The fourth-order valence-corrected chi connectivity index (χ4v) is 4.68. The third kappa shape index (κ3) is 2.32. The van der Waals surface area contributed by atoms with Gasteiger partial charge in [-0.05, 0) is 48.8 Å². The van der Waals surface area contributed by atoms with Gasteiger partial charge in [-0.2, -0.15) is 0 Å². The second kappa shape index (κ2) is 4.91. The second-order valence-corrected chi connectivity index (χ2v) is 7.28. The highest BCUT2D eigenvalue weighted by molar-refractivity contribution is 5.46. The van der Waals surface area contributed by atoms with Crippen LogP contribution in [0.1, 0.15) is 56.9 Å². The van der Waals surface area contributed by atoms with Crippen LogP contribution in [0.3, 0.4) is 0 Å². The molecule has 2 saturated carbocycles. The second-order valence-electron chi connectivity index (χ2n) is 7.28. The van der Waals surface area contributed by atoms with Crippen molar-refractivity contribution in [1.29, 1.82) is 0 Å². The first kappa shape index (κ1) is 13.4. The average Bonchev–Trinajstić information content (AvgIpc) is 2.72. The van der Waals surface area contributed by atoms with Crippen LogP contribution in [0.2, 0.25) is 0 Å². The van der Waals surface area contributed by atoms with Gasteiger partial charge < -0.3 is 15.2 Å². The summed E-state index contributed by atoms with van der Waals surface area (Å²) in [5.74, 6) is 1.72. The smallest absolute Gasteiger partial charge is 0.161 e. The van der Waals surface area contributed by atoms with E-state index in [1.165, 1.54) is 44.1 Å². The van der Waals surface area contributed by atoms with Crippen molar-refractivity contribution in [3.63, 3.8) is 0 Å². The van der Waals surface area contributed by atoms with E-state index in [2.05, 4.69) is 12.1 Å². The highest BCUT2D eigenvalue weighted by atomic mass is 16.6. The third-order valence-electron chi connectivity index (χ3n) is 5.66. The van der Waals surface area contributed by atoms with Crippen LogP contribution in [-0.4, -0.2) is 13.2 Å². The van der Waals surface area contributed by atoms with Gasteiger partial charge in [0.15, 0.2) is 11.5 Å². The summed E-state index contributed by atoms with van der Waals surface area (Å²) in [6.45, 7) is 1.28. The molecular weight excluding hydrogens is 262 g/mol. The Morgan fingerprint density at radius 2 is 1.52 bits per heavy atom. The Morgan fingerprint density at radius 1 is 0.857 bits per heavy atom. The zero-order chi connectivity index (χ0) is 14.3. The van der Waals surface area contributed by atoms with Crippen molar-refractivity contribution in [1.82, 2.24) is 0 Å². The largest absolute Gasteiger partial charge is 0.486 e. The van der Waals surface area contributed by atoms with Crippen LogP contribution in [0.5, 0.6) is 11.5 Å². The molecule has 3 nitrogen and oxygen atoms in total.